The molecule has 33 heavy (non-hydrogen) atoms. The first-order valence-corrected chi connectivity index (χ1v) is 10.6. The van der Waals surface area contributed by atoms with Crippen molar-refractivity contribution < 1.29 is 14.2 Å². The molecular weight excluding hydrogens is 436 g/mol. The number of rotatable bonds is 8. The molecule has 7 nitrogen and oxygen atoms in total. The standard InChI is InChI=1S/C25H22N4O3S/c1-30-19-14-12-18(13-15-19)17-26-25(33)29-24-27-22(31-20-8-4-2-5-9-20)16-23(28-24)32-21-10-6-3-7-11-21/h2-16H,17H2,1H3,(H2,26,27,28,29,33). The molecule has 1 aromatic heterocycles. The number of para-hydroxylation sites is 2. The quantitative estimate of drug-likeness (QED) is 0.333. The van der Waals surface area contributed by atoms with Crippen molar-refractivity contribution in [1.29, 1.82) is 0 Å². The van der Waals surface area contributed by atoms with E-state index in [9.17, 15) is 0 Å². The van der Waals surface area contributed by atoms with E-state index in [0.29, 0.717) is 34.9 Å². The smallest absolute Gasteiger partial charge is 0.235 e. The van der Waals surface area contributed by atoms with Crippen molar-refractivity contribution in [1.82, 2.24) is 15.3 Å². The molecule has 2 N–H and O–H groups in total. The van der Waals surface area contributed by atoms with E-state index in [2.05, 4.69) is 20.6 Å². The van der Waals surface area contributed by atoms with Crippen molar-refractivity contribution in [2.24, 2.45) is 0 Å². The summed E-state index contributed by atoms with van der Waals surface area (Å²) >= 11 is 5.42. The second-order valence-corrected chi connectivity index (χ2v) is 7.26. The fourth-order valence-corrected chi connectivity index (χ4v) is 3.02. The number of nitrogens with zero attached hydrogens (tertiary/aromatic N) is 2. The van der Waals surface area contributed by atoms with E-state index in [1.165, 1.54) is 0 Å². The third kappa shape index (κ3) is 6.65. The van der Waals surface area contributed by atoms with Gasteiger partial charge in [-0.25, -0.2) is 0 Å². The molecule has 4 rings (SSSR count). The summed E-state index contributed by atoms with van der Waals surface area (Å²) in [5.74, 6) is 2.99. The van der Waals surface area contributed by atoms with Gasteiger partial charge in [-0.2, -0.15) is 9.97 Å². The number of ether oxygens (including phenoxy) is 3. The molecule has 0 fully saturated rings. The molecule has 1 heterocycles. The van der Waals surface area contributed by atoms with Crippen molar-refractivity contribution >= 4 is 23.3 Å². The molecule has 0 unspecified atom stereocenters. The number of thiocarbonyl (C=S) groups is 1. The van der Waals surface area contributed by atoms with Gasteiger partial charge in [0.15, 0.2) is 5.11 Å². The molecule has 0 bridgehead atoms. The second kappa shape index (κ2) is 10.9. The summed E-state index contributed by atoms with van der Waals surface area (Å²) in [6.45, 7) is 0.531. The van der Waals surface area contributed by atoms with Gasteiger partial charge in [0.25, 0.3) is 0 Å². The number of methoxy groups -OCH3 is 1. The van der Waals surface area contributed by atoms with Crippen molar-refractivity contribution in [2.75, 3.05) is 12.4 Å². The number of hydrogen-bond donors (Lipinski definition) is 2. The Hall–Kier alpha value is -4.17. The minimum atomic E-state index is 0.251. The number of benzene rings is 3. The van der Waals surface area contributed by atoms with E-state index < -0.39 is 0 Å². The first-order chi connectivity index (χ1) is 16.2. The van der Waals surface area contributed by atoms with E-state index in [1.54, 1.807) is 13.2 Å². The zero-order chi connectivity index (χ0) is 22.9. The molecule has 4 aromatic rings. The van der Waals surface area contributed by atoms with Crippen LogP contribution < -0.4 is 24.8 Å². The first-order valence-electron chi connectivity index (χ1n) is 10.2. The summed E-state index contributed by atoms with van der Waals surface area (Å²) in [5, 5.41) is 6.51. The first kappa shape index (κ1) is 22.0. The van der Waals surface area contributed by atoms with Gasteiger partial charge in [0.2, 0.25) is 17.7 Å². The molecule has 0 saturated heterocycles. The highest BCUT2D eigenvalue weighted by Crippen LogP contribution is 2.27. The number of aromatic nitrogens is 2. The van der Waals surface area contributed by atoms with Crippen LogP contribution in [0.15, 0.2) is 91.0 Å². The molecule has 0 atom stereocenters. The van der Waals surface area contributed by atoms with Crippen LogP contribution in [0.25, 0.3) is 0 Å². The lowest BCUT2D eigenvalue weighted by Gasteiger charge is -2.13. The normalized spacial score (nSPS) is 10.2. The zero-order valence-corrected chi connectivity index (χ0v) is 18.7. The maximum Gasteiger partial charge on any atom is 0.235 e. The summed E-state index contributed by atoms with van der Waals surface area (Å²) in [6, 6.07) is 28.1. The molecule has 3 aromatic carbocycles. The zero-order valence-electron chi connectivity index (χ0n) is 17.9. The van der Waals surface area contributed by atoms with Gasteiger partial charge in [-0.05, 0) is 54.2 Å². The lowest BCUT2D eigenvalue weighted by molar-refractivity contribution is 0.414. The Labute approximate surface area is 197 Å². The Morgan fingerprint density at radius 1 is 0.758 bits per heavy atom. The number of nitrogens with one attached hydrogen (secondary N) is 2. The molecule has 0 amide bonds. The third-order valence-electron chi connectivity index (χ3n) is 4.45. The highest BCUT2D eigenvalue weighted by Gasteiger charge is 2.10. The Morgan fingerprint density at radius 3 is 1.82 bits per heavy atom. The summed E-state index contributed by atoms with van der Waals surface area (Å²) in [6.07, 6.45) is 0. The summed E-state index contributed by atoms with van der Waals surface area (Å²) in [4.78, 5) is 8.84. The van der Waals surface area contributed by atoms with E-state index in [-0.39, 0.29) is 5.95 Å². The van der Waals surface area contributed by atoms with Gasteiger partial charge in [-0.3, -0.25) is 0 Å². The SMILES string of the molecule is COc1ccc(CNC(=S)Nc2nc(Oc3ccccc3)cc(Oc3ccccc3)n2)cc1. The highest BCUT2D eigenvalue weighted by atomic mass is 32.1. The monoisotopic (exact) mass is 458 g/mol. The Bertz CT molecular complexity index is 1130. The lowest BCUT2D eigenvalue weighted by atomic mass is 10.2. The van der Waals surface area contributed by atoms with E-state index >= 15 is 0 Å². The molecule has 0 aliphatic rings. The maximum atomic E-state index is 5.88. The fraction of sp³-hybridized carbons (Fsp3) is 0.0800. The van der Waals surface area contributed by atoms with Crippen LogP contribution in [-0.4, -0.2) is 22.2 Å². The minimum absolute atomic E-state index is 0.251. The Kier molecular flexibility index (Phi) is 7.29. The van der Waals surface area contributed by atoms with Crippen LogP contribution in [0, 0.1) is 0 Å². The van der Waals surface area contributed by atoms with Crippen molar-refractivity contribution in [3.8, 4) is 29.0 Å². The van der Waals surface area contributed by atoms with Crippen LogP contribution in [0.1, 0.15) is 5.56 Å². The van der Waals surface area contributed by atoms with Gasteiger partial charge in [0, 0.05) is 6.54 Å². The number of anilines is 1. The maximum absolute atomic E-state index is 5.88. The van der Waals surface area contributed by atoms with Crippen molar-refractivity contribution in [3.63, 3.8) is 0 Å². The van der Waals surface area contributed by atoms with Gasteiger partial charge in [-0.1, -0.05) is 48.5 Å². The average molecular weight is 459 g/mol. The van der Waals surface area contributed by atoms with Crippen molar-refractivity contribution in [2.45, 2.75) is 6.54 Å². The predicted octanol–water partition coefficient (Wildman–Crippen LogP) is 5.56. The molecule has 0 saturated carbocycles. The third-order valence-corrected chi connectivity index (χ3v) is 4.69. The van der Waals surface area contributed by atoms with Gasteiger partial charge in [-0.15, -0.1) is 0 Å². The molecule has 8 heteroatoms. The molecular formula is C25H22N4O3S. The average Bonchev–Trinajstić information content (AvgIpc) is 2.84. The summed E-state index contributed by atoms with van der Waals surface area (Å²) in [7, 11) is 1.64. The molecule has 0 spiro atoms. The Morgan fingerprint density at radius 2 is 1.30 bits per heavy atom. The van der Waals surface area contributed by atoms with Gasteiger partial charge >= 0.3 is 0 Å². The molecule has 0 aliphatic carbocycles. The van der Waals surface area contributed by atoms with Crippen LogP contribution in [0.5, 0.6) is 29.0 Å². The lowest BCUT2D eigenvalue weighted by Crippen LogP contribution is -2.28. The largest absolute Gasteiger partial charge is 0.497 e. The summed E-state index contributed by atoms with van der Waals surface area (Å²) < 4.78 is 16.9. The van der Waals surface area contributed by atoms with Crippen LogP contribution in [0.4, 0.5) is 5.95 Å². The van der Waals surface area contributed by atoms with Gasteiger partial charge < -0.3 is 24.8 Å². The summed E-state index contributed by atoms with van der Waals surface area (Å²) in [5.41, 5.74) is 1.05. The molecule has 0 aliphatic heterocycles. The van der Waals surface area contributed by atoms with Gasteiger partial charge in [0.1, 0.15) is 17.2 Å². The van der Waals surface area contributed by atoms with Crippen LogP contribution in [0.3, 0.4) is 0 Å². The topological polar surface area (TPSA) is 77.5 Å². The minimum Gasteiger partial charge on any atom is -0.497 e. The predicted molar refractivity (Wildman–Crippen MR) is 131 cm³/mol. The molecule has 0 radical (unpaired) electrons. The van der Waals surface area contributed by atoms with E-state index in [4.69, 9.17) is 26.4 Å². The van der Waals surface area contributed by atoms with Crippen LogP contribution in [0.2, 0.25) is 0 Å². The fourth-order valence-electron chi connectivity index (χ4n) is 2.85. The van der Waals surface area contributed by atoms with E-state index in [1.807, 2.05) is 84.9 Å². The van der Waals surface area contributed by atoms with Gasteiger partial charge in [0.05, 0.1) is 13.2 Å². The van der Waals surface area contributed by atoms with Crippen LogP contribution in [-0.2, 0) is 6.54 Å². The molecule has 166 valence electrons. The van der Waals surface area contributed by atoms with Crippen molar-refractivity contribution in [3.05, 3.63) is 96.6 Å². The van der Waals surface area contributed by atoms with Crippen LogP contribution >= 0.6 is 12.2 Å². The van der Waals surface area contributed by atoms with E-state index in [0.717, 1.165) is 11.3 Å². The number of hydrogen-bond acceptors (Lipinski definition) is 6. The Balaban J connectivity index is 1.48. The second-order valence-electron chi connectivity index (χ2n) is 6.85. The highest BCUT2D eigenvalue weighted by molar-refractivity contribution is 7.80.